The van der Waals surface area contributed by atoms with Gasteiger partial charge in [-0.05, 0) is 18.4 Å². The van der Waals surface area contributed by atoms with E-state index in [1.165, 1.54) is 0 Å². The monoisotopic (exact) mass is 224 g/mol. The van der Waals surface area contributed by atoms with Gasteiger partial charge in [0.1, 0.15) is 0 Å². The average Bonchev–Trinajstić information content (AvgIpc) is 2.79. The largest absolute Gasteiger partial charge is 0.296 e. The summed E-state index contributed by atoms with van der Waals surface area (Å²) in [6.07, 6.45) is -0.0422. The van der Waals surface area contributed by atoms with Crippen LogP contribution in [0.25, 0.3) is 0 Å². The summed E-state index contributed by atoms with van der Waals surface area (Å²) in [5.74, 6) is -0.906. The molecule has 0 aromatic heterocycles. The highest BCUT2D eigenvalue weighted by Crippen LogP contribution is 2.43. The van der Waals surface area contributed by atoms with Gasteiger partial charge in [0.15, 0.2) is 0 Å². The van der Waals surface area contributed by atoms with Gasteiger partial charge >= 0.3 is 0 Å². The maximum atomic E-state index is 12.7. The van der Waals surface area contributed by atoms with E-state index in [1.54, 1.807) is 24.3 Å². The number of alkyl halides is 2. The molecule has 1 saturated carbocycles. The van der Waals surface area contributed by atoms with E-state index in [2.05, 4.69) is 0 Å². The molecule has 0 spiro atoms. The Morgan fingerprint density at radius 2 is 1.69 bits per heavy atom. The van der Waals surface area contributed by atoms with Crippen molar-refractivity contribution in [2.75, 3.05) is 0 Å². The van der Waals surface area contributed by atoms with Crippen molar-refractivity contribution in [3.63, 3.8) is 0 Å². The minimum absolute atomic E-state index is 0.556. The van der Waals surface area contributed by atoms with Crippen LogP contribution < -0.4 is 0 Å². The molecule has 1 fully saturated rings. The van der Waals surface area contributed by atoms with E-state index in [9.17, 15) is 13.6 Å². The fourth-order valence-electron chi connectivity index (χ4n) is 2.62. The van der Waals surface area contributed by atoms with Gasteiger partial charge in [0, 0.05) is 0 Å². The zero-order valence-electron chi connectivity index (χ0n) is 8.96. The quantitative estimate of drug-likeness (QED) is 0.769. The molecule has 0 aliphatic heterocycles. The van der Waals surface area contributed by atoms with E-state index < -0.39 is 17.6 Å². The summed E-state index contributed by atoms with van der Waals surface area (Å²) < 4.78 is 25.3. The highest BCUT2D eigenvalue weighted by atomic mass is 19.3. The first-order valence-electron chi connectivity index (χ1n) is 5.55. The molecule has 0 atom stereocenters. The Bertz CT molecular complexity index is 367. The number of hydrogen-bond acceptors (Lipinski definition) is 1. The van der Waals surface area contributed by atoms with Crippen LogP contribution in [0, 0.1) is 0 Å². The maximum Gasteiger partial charge on any atom is 0.296 e. The molecule has 1 aliphatic carbocycles. The van der Waals surface area contributed by atoms with Crippen LogP contribution in [0.15, 0.2) is 30.3 Å². The summed E-state index contributed by atoms with van der Waals surface area (Å²) in [5.41, 5.74) is -0.173. The Balaban J connectivity index is 2.40. The molecule has 1 aromatic carbocycles. The normalized spacial score (nSPS) is 18.9. The number of Topliss-reactive ketones (excluding diaryl/α,β-unsaturated/α-hetero) is 1. The van der Waals surface area contributed by atoms with E-state index in [1.807, 2.05) is 6.07 Å². The van der Waals surface area contributed by atoms with Gasteiger partial charge in [-0.2, -0.15) is 0 Å². The number of benzene rings is 1. The molecule has 1 nitrogen and oxygen atoms in total. The van der Waals surface area contributed by atoms with Crippen LogP contribution in [0.2, 0.25) is 0 Å². The van der Waals surface area contributed by atoms with Gasteiger partial charge in [-0.15, -0.1) is 0 Å². The molecule has 3 heteroatoms. The highest BCUT2D eigenvalue weighted by Gasteiger charge is 2.45. The van der Waals surface area contributed by atoms with Crippen LogP contribution in [0.1, 0.15) is 31.2 Å². The van der Waals surface area contributed by atoms with Gasteiger partial charge in [0.05, 0.1) is 5.41 Å². The number of carbonyl (C=O) groups is 1. The van der Waals surface area contributed by atoms with Crippen molar-refractivity contribution < 1.29 is 13.6 Å². The second kappa shape index (κ2) is 4.32. The zero-order chi connectivity index (χ0) is 11.6. The third-order valence-corrected chi connectivity index (χ3v) is 3.45. The van der Waals surface area contributed by atoms with Crippen LogP contribution in [-0.4, -0.2) is 12.2 Å². The summed E-state index contributed by atoms with van der Waals surface area (Å²) in [6, 6.07) is 9.00. The van der Waals surface area contributed by atoms with Crippen molar-refractivity contribution in [3.05, 3.63) is 35.9 Å². The molecular weight excluding hydrogens is 210 g/mol. The van der Waals surface area contributed by atoms with Crippen LogP contribution in [-0.2, 0) is 10.2 Å². The van der Waals surface area contributed by atoms with Crippen LogP contribution in [0.4, 0.5) is 8.78 Å². The lowest BCUT2D eigenvalue weighted by molar-refractivity contribution is -0.135. The molecule has 0 radical (unpaired) electrons. The van der Waals surface area contributed by atoms with Crippen LogP contribution in [0.3, 0.4) is 0 Å². The lowest BCUT2D eigenvalue weighted by Crippen LogP contribution is -2.37. The molecule has 2 rings (SSSR count). The number of ketones is 1. The Labute approximate surface area is 93.5 Å². The molecule has 0 heterocycles. The molecule has 16 heavy (non-hydrogen) atoms. The van der Waals surface area contributed by atoms with E-state index in [0.29, 0.717) is 12.8 Å². The first-order valence-corrected chi connectivity index (χ1v) is 5.55. The summed E-state index contributed by atoms with van der Waals surface area (Å²) in [4.78, 5) is 11.7. The third-order valence-electron chi connectivity index (χ3n) is 3.45. The van der Waals surface area contributed by atoms with Gasteiger partial charge in [0.25, 0.3) is 6.43 Å². The van der Waals surface area contributed by atoms with Gasteiger partial charge < -0.3 is 0 Å². The van der Waals surface area contributed by atoms with E-state index in [0.717, 1.165) is 18.4 Å². The lowest BCUT2D eigenvalue weighted by Gasteiger charge is -2.27. The molecule has 0 amide bonds. The fraction of sp³-hybridized carbons (Fsp3) is 0.462. The summed E-state index contributed by atoms with van der Waals surface area (Å²) in [6.45, 7) is 0. The number of halogens is 2. The lowest BCUT2D eigenvalue weighted by atomic mass is 9.75. The predicted octanol–water partition coefficient (Wildman–Crippen LogP) is 3.33. The maximum absolute atomic E-state index is 12.7. The van der Waals surface area contributed by atoms with E-state index in [4.69, 9.17) is 0 Å². The van der Waals surface area contributed by atoms with Gasteiger partial charge in [-0.25, -0.2) is 8.78 Å². The van der Waals surface area contributed by atoms with Crippen molar-refractivity contribution in [1.29, 1.82) is 0 Å². The van der Waals surface area contributed by atoms with Gasteiger partial charge in [-0.1, -0.05) is 43.2 Å². The van der Waals surface area contributed by atoms with E-state index >= 15 is 0 Å². The topological polar surface area (TPSA) is 17.1 Å². The summed E-state index contributed by atoms with van der Waals surface area (Å²) in [7, 11) is 0. The first kappa shape index (κ1) is 11.2. The zero-order valence-corrected chi connectivity index (χ0v) is 8.96. The summed E-state index contributed by atoms with van der Waals surface area (Å²) in [5, 5.41) is 0. The van der Waals surface area contributed by atoms with Gasteiger partial charge in [0.2, 0.25) is 5.78 Å². The average molecular weight is 224 g/mol. The van der Waals surface area contributed by atoms with Crippen molar-refractivity contribution in [2.24, 2.45) is 0 Å². The number of carbonyl (C=O) groups excluding carboxylic acids is 1. The van der Waals surface area contributed by atoms with Crippen LogP contribution in [0.5, 0.6) is 0 Å². The van der Waals surface area contributed by atoms with Crippen molar-refractivity contribution >= 4 is 5.78 Å². The van der Waals surface area contributed by atoms with Crippen molar-refractivity contribution in [3.8, 4) is 0 Å². The Morgan fingerprint density at radius 1 is 1.12 bits per heavy atom. The molecule has 0 unspecified atom stereocenters. The summed E-state index contributed by atoms with van der Waals surface area (Å²) >= 11 is 0. The Morgan fingerprint density at radius 3 is 2.19 bits per heavy atom. The molecule has 1 aliphatic rings. The van der Waals surface area contributed by atoms with Crippen LogP contribution >= 0.6 is 0 Å². The first-order chi connectivity index (χ1) is 7.67. The Hall–Kier alpha value is -1.25. The molecule has 1 aromatic rings. The molecule has 86 valence electrons. The van der Waals surface area contributed by atoms with Crippen molar-refractivity contribution in [2.45, 2.75) is 37.5 Å². The molecule has 0 saturated heterocycles. The number of rotatable bonds is 3. The second-order valence-electron chi connectivity index (χ2n) is 4.32. The minimum Gasteiger partial charge on any atom is -0.292 e. The smallest absolute Gasteiger partial charge is 0.292 e. The highest BCUT2D eigenvalue weighted by molar-refractivity contribution is 5.92. The van der Waals surface area contributed by atoms with Crippen molar-refractivity contribution in [1.82, 2.24) is 0 Å². The SMILES string of the molecule is O=C(C(F)F)C1(c2ccccc2)CCCC1. The minimum atomic E-state index is -2.86. The molecular formula is C13H14F2O. The predicted molar refractivity (Wildman–Crippen MR) is 57.6 cm³/mol. The van der Waals surface area contributed by atoms with E-state index in [-0.39, 0.29) is 0 Å². The van der Waals surface area contributed by atoms with Gasteiger partial charge in [-0.3, -0.25) is 4.79 Å². The third kappa shape index (κ3) is 1.75. The standard InChI is InChI=1S/C13H14F2O/c14-12(15)11(16)13(8-4-5-9-13)10-6-2-1-3-7-10/h1-3,6-7,12H,4-5,8-9H2. The fourth-order valence-corrected chi connectivity index (χ4v) is 2.62. The molecule has 0 bridgehead atoms. The Kier molecular flexibility index (Phi) is 3.03. The molecule has 0 N–H and O–H groups in total. The second-order valence-corrected chi connectivity index (χ2v) is 4.32. The number of hydrogen-bond donors (Lipinski definition) is 0.